The Morgan fingerprint density at radius 1 is 1.07 bits per heavy atom. The predicted molar refractivity (Wildman–Crippen MR) is 119 cm³/mol. The fourth-order valence-corrected chi connectivity index (χ4v) is 4.12. The van der Waals surface area contributed by atoms with E-state index in [0.29, 0.717) is 19.5 Å². The SMILES string of the molecule is CCC(=O)N1CCCN(C(C)C(=O)N(C)Cc2ccc3cc(OC)ccc3c2)CC1. The van der Waals surface area contributed by atoms with Crippen LogP contribution in [-0.4, -0.2) is 72.9 Å². The van der Waals surface area contributed by atoms with Gasteiger partial charge in [0.15, 0.2) is 0 Å². The summed E-state index contributed by atoms with van der Waals surface area (Å²) in [6.45, 7) is 7.50. The lowest BCUT2D eigenvalue weighted by Gasteiger charge is -2.30. The summed E-state index contributed by atoms with van der Waals surface area (Å²) in [5, 5.41) is 2.26. The van der Waals surface area contributed by atoms with Gasteiger partial charge in [0.25, 0.3) is 0 Å². The summed E-state index contributed by atoms with van der Waals surface area (Å²) in [5.74, 6) is 1.15. The highest BCUT2D eigenvalue weighted by Crippen LogP contribution is 2.22. The first-order valence-corrected chi connectivity index (χ1v) is 10.8. The van der Waals surface area contributed by atoms with E-state index in [1.54, 1.807) is 12.0 Å². The quantitative estimate of drug-likeness (QED) is 0.733. The topological polar surface area (TPSA) is 53.1 Å². The number of fused-ring (bicyclic) bond motifs is 1. The number of hydrogen-bond acceptors (Lipinski definition) is 4. The first kappa shape index (κ1) is 22.1. The molecule has 6 nitrogen and oxygen atoms in total. The van der Waals surface area contributed by atoms with Crippen LogP contribution >= 0.6 is 0 Å². The summed E-state index contributed by atoms with van der Waals surface area (Å²) in [6, 6.07) is 12.1. The van der Waals surface area contributed by atoms with Gasteiger partial charge < -0.3 is 14.5 Å². The van der Waals surface area contributed by atoms with Crippen LogP contribution < -0.4 is 4.74 Å². The number of carbonyl (C=O) groups is 2. The molecule has 0 spiro atoms. The third-order valence-electron chi connectivity index (χ3n) is 6.00. The van der Waals surface area contributed by atoms with Crippen LogP contribution in [0.1, 0.15) is 32.3 Å². The van der Waals surface area contributed by atoms with Gasteiger partial charge in [0.05, 0.1) is 13.2 Å². The summed E-state index contributed by atoms with van der Waals surface area (Å²) in [5.41, 5.74) is 1.10. The van der Waals surface area contributed by atoms with Crippen molar-refractivity contribution in [2.75, 3.05) is 40.3 Å². The Morgan fingerprint density at radius 3 is 2.53 bits per heavy atom. The van der Waals surface area contributed by atoms with Crippen molar-refractivity contribution in [3.63, 3.8) is 0 Å². The van der Waals surface area contributed by atoms with Gasteiger partial charge in [-0.15, -0.1) is 0 Å². The van der Waals surface area contributed by atoms with E-state index in [1.165, 1.54) is 0 Å². The van der Waals surface area contributed by atoms with Gasteiger partial charge in [-0.1, -0.05) is 25.1 Å². The Kier molecular flexibility index (Phi) is 7.32. The van der Waals surface area contributed by atoms with Crippen molar-refractivity contribution >= 4 is 22.6 Å². The Balaban J connectivity index is 1.62. The molecule has 0 bridgehead atoms. The van der Waals surface area contributed by atoms with Crippen molar-refractivity contribution in [2.24, 2.45) is 0 Å². The lowest BCUT2D eigenvalue weighted by Crippen LogP contribution is -2.47. The van der Waals surface area contributed by atoms with Crippen LogP contribution in [0.3, 0.4) is 0 Å². The van der Waals surface area contributed by atoms with Crippen LogP contribution in [-0.2, 0) is 16.1 Å². The highest BCUT2D eigenvalue weighted by molar-refractivity contribution is 5.85. The second kappa shape index (κ2) is 9.94. The Labute approximate surface area is 179 Å². The molecule has 0 aromatic heterocycles. The Bertz CT molecular complexity index is 898. The van der Waals surface area contributed by atoms with Crippen molar-refractivity contribution in [3.8, 4) is 5.75 Å². The number of rotatable bonds is 6. The van der Waals surface area contributed by atoms with Crippen LogP contribution in [0, 0.1) is 0 Å². The molecule has 1 atom stereocenters. The molecule has 6 heteroatoms. The predicted octanol–water partition coefficient (Wildman–Crippen LogP) is 3.14. The third-order valence-corrected chi connectivity index (χ3v) is 6.00. The minimum atomic E-state index is -0.198. The number of ether oxygens (including phenoxy) is 1. The lowest BCUT2D eigenvalue weighted by atomic mass is 10.1. The van der Waals surface area contributed by atoms with Crippen molar-refractivity contribution < 1.29 is 14.3 Å². The summed E-state index contributed by atoms with van der Waals surface area (Å²) in [4.78, 5) is 31.0. The lowest BCUT2D eigenvalue weighted by molar-refractivity contribution is -0.135. The monoisotopic (exact) mass is 411 g/mol. The molecule has 0 N–H and O–H groups in total. The summed E-state index contributed by atoms with van der Waals surface area (Å²) in [7, 11) is 3.53. The largest absolute Gasteiger partial charge is 0.497 e. The standard InChI is InChI=1S/C24H33N3O3/c1-5-23(28)27-12-6-11-26(13-14-27)18(2)24(29)25(3)17-19-7-8-21-16-22(30-4)10-9-20(21)15-19/h7-10,15-16,18H,5-6,11-14,17H2,1-4H3. The highest BCUT2D eigenvalue weighted by Gasteiger charge is 2.27. The average Bonchev–Trinajstić information content (AvgIpc) is 3.03. The van der Waals surface area contributed by atoms with E-state index in [-0.39, 0.29) is 17.9 Å². The normalized spacial score (nSPS) is 16.2. The molecule has 3 rings (SSSR count). The molecular formula is C24H33N3O3. The van der Waals surface area contributed by atoms with Crippen LogP contribution in [0.15, 0.2) is 36.4 Å². The van der Waals surface area contributed by atoms with E-state index in [1.807, 2.05) is 44.0 Å². The maximum Gasteiger partial charge on any atom is 0.239 e. The number of methoxy groups -OCH3 is 1. The maximum absolute atomic E-state index is 13.1. The fraction of sp³-hybridized carbons (Fsp3) is 0.500. The number of amides is 2. The van der Waals surface area contributed by atoms with Crippen molar-refractivity contribution in [1.29, 1.82) is 0 Å². The average molecular weight is 412 g/mol. The van der Waals surface area contributed by atoms with E-state index in [0.717, 1.165) is 48.1 Å². The minimum absolute atomic E-state index is 0.111. The van der Waals surface area contributed by atoms with Gasteiger partial charge in [-0.25, -0.2) is 0 Å². The molecular weight excluding hydrogens is 378 g/mol. The van der Waals surface area contributed by atoms with Gasteiger partial charge in [0, 0.05) is 46.2 Å². The molecule has 0 saturated carbocycles. The third kappa shape index (κ3) is 5.11. The van der Waals surface area contributed by atoms with Gasteiger partial charge >= 0.3 is 0 Å². The molecule has 0 radical (unpaired) electrons. The van der Waals surface area contributed by atoms with Gasteiger partial charge in [0.1, 0.15) is 5.75 Å². The van der Waals surface area contributed by atoms with Gasteiger partial charge in [-0.05, 0) is 47.9 Å². The smallest absolute Gasteiger partial charge is 0.239 e. The van der Waals surface area contributed by atoms with Crippen molar-refractivity contribution in [3.05, 3.63) is 42.0 Å². The van der Waals surface area contributed by atoms with Gasteiger partial charge in [-0.2, -0.15) is 0 Å². The molecule has 1 fully saturated rings. The van der Waals surface area contributed by atoms with Gasteiger partial charge in [0.2, 0.25) is 11.8 Å². The van der Waals surface area contributed by atoms with Crippen LogP contribution in [0.25, 0.3) is 10.8 Å². The Hall–Kier alpha value is -2.60. The molecule has 1 unspecified atom stereocenters. The van der Waals surface area contributed by atoms with Crippen LogP contribution in [0.2, 0.25) is 0 Å². The minimum Gasteiger partial charge on any atom is -0.497 e. The molecule has 1 heterocycles. The molecule has 1 saturated heterocycles. The highest BCUT2D eigenvalue weighted by atomic mass is 16.5. The Morgan fingerprint density at radius 2 is 1.80 bits per heavy atom. The molecule has 30 heavy (non-hydrogen) atoms. The second-order valence-corrected chi connectivity index (χ2v) is 8.04. The zero-order chi connectivity index (χ0) is 21.7. The number of nitrogens with zero attached hydrogens (tertiary/aromatic N) is 3. The molecule has 2 aromatic carbocycles. The summed E-state index contributed by atoms with van der Waals surface area (Å²) in [6.07, 6.45) is 1.44. The maximum atomic E-state index is 13.1. The van der Waals surface area contributed by atoms with Crippen molar-refractivity contribution in [1.82, 2.24) is 14.7 Å². The number of carbonyl (C=O) groups excluding carboxylic acids is 2. The summed E-state index contributed by atoms with van der Waals surface area (Å²) < 4.78 is 5.29. The number of benzene rings is 2. The van der Waals surface area contributed by atoms with Crippen LogP contribution in [0.5, 0.6) is 5.75 Å². The van der Waals surface area contributed by atoms with E-state index >= 15 is 0 Å². The first-order valence-electron chi connectivity index (χ1n) is 10.8. The molecule has 1 aliphatic heterocycles. The summed E-state index contributed by atoms with van der Waals surface area (Å²) >= 11 is 0. The van der Waals surface area contributed by atoms with E-state index in [2.05, 4.69) is 23.1 Å². The second-order valence-electron chi connectivity index (χ2n) is 8.04. The number of likely N-dealkylation sites (N-methyl/N-ethyl adjacent to an activating group) is 1. The zero-order valence-corrected chi connectivity index (χ0v) is 18.6. The molecule has 162 valence electrons. The number of hydrogen-bond donors (Lipinski definition) is 0. The zero-order valence-electron chi connectivity index (χ0n) is 18.6. The van der Waals surface area contributed by atoms with E-state index in [4.69, 9.17) is 4.74 Å². The molecule has 2 amide bonds. The molecule has 0 aliphatic carbocycles. The van der Waals surface area contributed by atoms with E-state index in [9.17, 15) is 9.59 Å². The molecule has 1 aliphatic rings. The van der Waals surface area contributed by atoms with E-state index < -0.39 is 0 Å². The first-order chi connectivity index (χ1) is 14.4. The molecule has 2 aromatic rings. The van der Waals surface area contributed by atoms with Gasteiger partial charge in [-0.3, -0.25) is 14.5 Å². The fourth-order valence-electron chi connectivity index (χ4n) is 4.12. The van der Waals surface area contributed by atoms with Crippen molar-refractivity contribution in [2.45, 2.75) is 39.3 Å². The van der Waals surface area contributed by atoms with Crippen LogP contribution in [0.4, 0.5) is 0 Å².